The highest BCUT2D eigenvalue weighted by Gasteiger charge is 2.73. The number of aliphatic carboxylic acids is 1. The minimum atomic E-state index is -3.33. The molecule has 1 fully saturated rings. The number of carbonyl (C=O) groups is 2. The first-order chi connectivity index (χ1) is 12.3. The number of nitrogens with one attached hydrogen (secondary N) is 1. The average Bonchev–Trinajstić information content (AvgIpc) is 2.92. The van der Waals surface area contributed by atoms with E-state index in [9.17, 15) is 23.5 Å². The summed E-state index contributed by atoms with van der Waals surface area (Å²) in [6, 6.07) is 7.75. The van der Waals surface area contributed by atoms with E-state index in [0.717, 1.165) is 5.01 Å². The lowest BCUT2D eigenvalue weighted by atomic mass is 9.81. The highest BCUT2D eigenvalue weighted by molar-refractivity contribution is 5.85. The number of ether oxygens (including phenoxy) is 3. The molecule has 1 heterocycles. The zero-order chi connectivity index (χ0) is 19.5. The fraction of sp³-hybridized carbons (Fsp3) is 0.500. The quantitative estimate of drug-likeness (QED) is 0.674. The normalized spacial score (nSPS) is 25.4. The fourth-order valence-electron chi connectivity index (χ4n) is 3.45. The van der Waals surface area contributed by atoms with Crippen LogP contribution < -0.4 is 5.43 Å². The van der Waals surface area contributed by atoms with Crippen molar-refractivity contribution in [2.24, 2.45) is 0 Å². The second kappa shape index (κ2) is 7.62. The maximum Gasteiger partial charge on any atom is 0.336 e. The predicted octanol–water partition coefficient (Wildman–Crippen LogP) is 0.583. The number of benzene rings is 1. The van der Waals surface area contributed by atoms with E-state index < -0.39 is 35.7 Å². The summed E-state index contributed by atoms with van der Waals surface area (Å²) in [6.07, 6.45) is -4.34. The molecule has 2 rings (SSSR count). The molecule has 2 N–H and O–H groups in total. The fourth-order valence-corrected chi connectivity index (χ4v) is 3.45. The lowest BCUT2D eigenvalue weighted by molar-refractivity contribution is -0.290. The third-order valence-electron chi connectivity index (χ3n) is 4.52. The van der Waals surface area contributed by atoms with Crippen LogP contribution in [0.3, 0.4) is 0 Å². The van der Waals surface area contributed by atoms with E-state index in [2.05, 4.69) is 0 Å². The van der Waals surface area contributed by atoms with E-state index in [1.54, 1.807) is 18.2 Å². The second-order valence-corrected chi connectivity index (χ2v) is 5.57. The van der Waals surface area contributed by atoms with Gasteiger partial charge in [-0.3, -0.25) is 10.2 Å². The van der Waals surface area contributed by atoms with Gasteiger partial charge in [-0.2, -0.15) is 13.8 Å². The van der Waals surface area contributed by atoms with Crippen molar-refractivity contribution < 1.29 is 37.7 Å². The molecule has 10 heteroatoms. The monoisotopic (exact) mass is 374 g/mol. The molecule has 0 bridgehead atoms. The molecule has 8 nitrogen and oxygen atoms in total. The Morgan fingerprint density at radius 1 is 1.23 bits per heavy atom. The Labute approximate surface area is 148 Å². The van der Waals surface area contributed by atoms with Crippen molar-refractivity contribution in [3.8, 4) is 0 Å². The van der Waals surface area contributed by atoms with Gasteiger partial charge in [-0.05, 0) is 5.56 Å². The molecular weight excluding hydrogens is 354 g/mol. The van der Waals surface area contributed by atoms with E-state index in [1.165, 1.54) is 33.5 Å². The molecule has 0 spiro atoms. The molecule has 0 aliphatic carbocycles. The molecule has 26 heavy (non-hydrogen) atoms. The number of methoxy groups -OCH3 is 3. The lowest BCUT2D eigenvalue weighted by Gasteiger charge is -2.45. The van der Waals surface area contributed by atoms with Crippen LogP contribution in [0.2, 0.25) is 0 Å². The average molecular weight is 374 g/mol. The summed E-state index contributed by atoms with van der Waals surface area (Å²) in [5.41, 5.74) is -0.0596. The van der Waals surface area contributed by atoms with Gasteiger partial charge in [-0.1, -0.05) is 30.3 Å². The van der Waals surface area contributed by atoms with Crippen LogP contribution >= 0.6 is 0 Å². The summed E-state index contributed by atoms with van der Waals surface area (Å²) in [5.74, 6) is -5.05. The van der Waals surface area contributed by atoms with Gasteiger partial charge in [-0.15, -0.1) is 0 Å². The Balaban J connectivity index is 2.74. The number of hydrogen-bond acceptors (Lipinski definition) is 6. The second-order valence-electron chi connectivity index (χ2n) is 5.57. The van der Waals surface area contributed by atoms with E-state index in [0.29, 0.717) is 0 Å². The smallest absolute Gasteiger partial charge is 0.336 e. The first-order valence-electron chi connectivity index (χ1n) is 7.60. The zero-order valence-electron chi connectivity index (χ0n) is 14.4. The number of amides is 1. The van der Waals surface area contributed by atoms with Gasteiger partial charge < -0.3 is 19.3 Å². The molecule has 1 aromatic rings. The van der Waals surface area contributed by atoms with Crippen LogP contribution in [-0.2, 0) is 29.3 Å². The highest BCUT2D eigenvalue weighted by atomic mass is 19.3. The predicted molar refractivity (Wildman–Crippen MR) is 84.2 cm³/mol. The van der Waals surface area contributed by atoms with Crippen LogP contribution in [0.25, 0.3) is 0 Å². The Kier molecular flexibility index (Phi) is 5.91. The molecular formula is C16H20F2N2O6. The molecule has 1 aliphatic rings. The van der Waals surface area contributed by atoms with Gasteiger partial charge in [0.05, 0.1) is 6.54 Å². The molecule has 0 radical (unpaired) electrons. The maximum atomic E-state index is 12.8. The van der Waals surface area contributed by atoms with E-state index >= 15 is 0 Å². The highest BCUT2D eigenvalue weighted by Crippen LogP contribution is 2.49. The SMILES string of the molecule is COC1CN(NC(=O)C(F)F)[C@@](C(=O)O)(c2ccccc2)C1(OC)OC. The Hall–Kier alpha value is -2.14. The number of halogens is 2. The van der Waals surface area contributed by atoms with Gasteiger partial charge in [0.2, 0.25) is 11.3 Å². The largest absolute Gasteiger partial charge is 0.479 e. The summed E-state index contributed by atoms with van der Waals surface area (Å²) in [7, 11) is 3.73. The third-order valence-corrected chi connectivity index (χ3v) is 4.52. The summed E-state index contributed by atoms with van der Waals surface area (Å²) >= 11 is 0. The Morgan fingerprint density at radius 2 is 1.81 bits per heavy atom. The van der Waals surface area contributed by atoms with Gasteiger partial charge in [0.25, 0.3) is 0 Å². The number of rotatable bonds is 7. The van der Waals surface area contributed by atoms with Crippen molar-refractivity contribution in [3.63, 3.8) is 0 Å². The Morgan fingerprint density at radius 3 is 2.23 bits per heavy atom. The number of carboxylic acid groups (broad SMARTS) is 1. The molecule has 2 atom stereocenters. The van der Waals surface area contributed by atoms with Crippen LogP contribution in [0.5, 0.6) is 0 Å². The Bertz CT molecular complexity index is 655. The molecule has 1 amide bonds. The van der Waals surface area contributed by atoms with Crippen molar-refractivity contribution in [2.75, 3.05) is 27.9 Å². The van der Waals surface area contributed by atoms with E-state index in [1.807, 2.05) is 5.43 Å². The minimum Gasteiger partial charge on any atom is -0.479 e. The zero-order valence-corrected chi connectivity index (χ0v) is 14.4. The number of carbonyl (C=O) groups excluding carboxylic acids is 1. The number of nitrogens with zero attached hydrogens (tertiary/aromatic N) is 1. The first-order valence-corrected chi connectivity index (χ1v) is 7.60. The van der Waals surface area contributed by atoms with E-state index in [-0.39, 0.29) is 12.1 Å². The van der Waals surface area contributed by atoms with Crippen LogP contribution in [0, 0.1) is 0 Å². The van der Waals surface area contributed by atoms with Gasteiger partial charge in [0, 0.05) is 21.3 Å². The summed E-state index contributed by atoms with van der Waals surface area (Å²) in [6.45, 7) is -0.266. The molecule has 144 valence electrons. The number of carboxylic acids is 1. The summed E-state index contributed by atoms with van der Waals surface area (Å²) in [4.78, 5) is 24.1. The molecule has 1 saturated heterocycles. The molecule has 1 unspecified atom stereocenters. The summed E-state index contributed by atoms with van der Waals surface area (Å²) in [5, 5.41) is 11.0. The maximum absolute atomic E-state index is 12.8. The molecule has 0 aromatic heterocycles. The van der Waals surface area contributed by atoms with Crippen LogP contribution in [0.4, 0.5) is 8.78 Å². The molecule has 0 saturated carbocycles. The molecule has 1 aromatic carbocycles. The molecule has 1 aliphatic heterocycles. The van der Waals surface area contributed by atoms with Crippen molar-refractivity contribution in [3.05, 3.63) is 35.9 Å². The standard InChI is InChI=1S/C16H20F2N2O6/c1-24-11-9-20(19-13(21)12(17)18)15(14(22)23,16(11,25-2)26-3)10-7-5-4-6-8-10/h4-8,11-12H,9H2,1-3H3,(H,19,21)(H,22,23)/t11?,15-/m1/s1. The third kappa shape index (κ3) is 2.75. The topological polar surface area (TPSA) is 97.3 Å². The van der Waals surface area contributed by atoms with Crippen LogP contribution in [0.15, 0.2) is 30.3 Å². The van der Waals surface area contributed by atoms with Gasteiger partial charge in [-0.25, -0.2) is 4.79 Å². The van der Waals surface area contributed by atoms with Crippen molar-refractivity contribution in [1.82, 2.24) is 10.4 Å². The summed E-state index contributed by atoms with van der Waals surface area (Å²) < 4.78 is 41.8. The number of hydrogen-bond donors (Lipinski definition) is 2. The van der Waals surface area contributed by atoms with E-state index in [4.69, 9.17) is 14.2 Å². The minimum absolute atomic E-state index is 0.158. The van der Waals surface area contributed by atoms with Crippen LogP contribution in [0.1, 0.15) is 5.56 Å². The van der Waals surface area contributed by atoms with Crippen molar-refractivity contribution in [2.45, 2.75) is 23.9 Å². The van der Waals surface area contributed by atoms with Gasteiger partial charge in [0.1, 0.15) is 6.10 Å². The lowest BCUT2D eigenvalue weighted by Crippen LogP contribution is -2.67. The van der Waals surface area contributed by atoms with Gasteiger partial charge in [0.15, 0.2) is 0 Å². The number of hydrazine groups is 1. The van der Waals surface area contributed by atoms with Crippen molar-refractivity contribution >= 4 is 11.9 Å². The van der Waals surface area contributed by atoms with Crippen molar-refractivity contribution in [1.29, 1.82) is 0 Å². The van der Waals surface area contributed by atoms with Crippen LogP contribution in [-0.4, -0.2) is 68.2 Å². The number of alkyl halides is 2. The van der Waals surface area contributed by atoms with Gasteiger partial charge >= 0.3 is 18.3 Å². The first kappa shape index (κ1) is 20.2.